The molecular formula is C30H36O4. The molecule has 0 N–H and O–H groups in total. The molecule has 0 fully saturated rings. The third-order valence-corrected chi connectivity index (χ3v) is 5.58. The van der Waals surface area contributed by atoms with Gasteiger partial charge in [-0.05, 0) is 71.7 Å². The van der Waals surface area contributed by atoms with Crippen molar-refractivity contribution < 1.29 is 19.0 Å². The van der Waals surface area contributed by atoms with E-state index in [0.717, 1.165) is 53.9 Å². The van der Waals surface area contributed by atoms with Gasteiger partial charge in [0.2, 0.25) is 0 Å². The van der Waals surface area contributed by atoms with E-state index in [1.807, 2.05) is 60.7 Å². The third-order valence-electron chi connectivity index (χ3n) is 5.58. The van der Waals surface area contributed by atoms with Gasteiger partial charge in [-0.3, -0.25) is 0 Å². The summed E-state index contributed by atoms with van der Waals surface area (Å²) in [6.07, 6.45) is 11.4. The maximum atomic E-state index is 12.3. The summed E-state index contributed by atoms with van der Waals surface area (Å²) in [6, 6.07) is 19.3. The van der Waals surface area contributed by atoms with Gasteiger partial charge in [-0.25, -0.2) is 4.79 Å². The molecule has 0 aliphatic heterocycles. The van der Waals surface area contributed by atoms with E-state index in [-0.39, 0.29) is 0 Å². The van der Waals surface area contributed by atoms with E-state index in [1.165, 1.54) is 38.2 Å². The Morgan fingerprint density at radius 1 is 0.676 bits per heavy atom. The van der Waals surface area contributed by atoms with Crippen molar-refractivity contribution in [2.24, 2.45) is 0 Å². The first-order valence-electron chi connectivity index (χ1n) is 12.5. The quantitative estimate of drug-likeness (QED) is 0.106. The topological polar surface area (TPSA) is 44.8 Å². The van der Waals surface area contributed by atoms with Crippen LogP contribution < -0.4 is 14.2 Å². The Labute approximate surface area is 203 Å². The highest BCUT2D eigenvalue weighted by atomic mass is 16.5. The van der Waals surface area contributed by atoms with Gasteiger partial charge in [0, 0.05) is 6.08 Å². The Balaban J connectivity index is 1.49. The SMILES string of the molecule is CCCCCCOc1ccc(C=CC(=O)Oc2ccc3cc(OCCCCC)ccc3c2)cc1. The van der Waals surface area contributed by atoms with Crippen molar-refractivity contribution in [1.29, 1.82) is 0 Å². The molecule has 0 radical (unpaired) electrons. The number of rotatable bonds is 14. The van der Waals surface area contributed by atoms with E-state index in [0.29, 0.717) is 5.75 Å². The standard InChI is InChI=1S/C30H36O4/c1-3-5-7-9-21-32-27-15-10-24(11-16-27)12-19-30(31)34-29-18-14-25-22-28(17-13-26(25)23-29)33-20-8-6-4-2/h10-19,22-23H,3-9,20-21H2,1-2H3. The van der Waals surface area contributed by atoms with Gasteiger partial charge in [0.15, 0.2) is 0 Å². The fourth-order valence-electron chi connectivity index (χ4n) is 3.61. The average Bonchev–Trinajstić information content (AvgIpc) is 2.86. The first kappa shape index (κ1) is 25.4. The van der Waals surface area contributed by atoms with Crippen LogP contribution in [0.25, 0.3) is 16.8 Å². The Hall–Kier alpha value is -3.27. The molecule has 0 aliphatic carbocycles. The lowest BCUT2D eigenvalue weighted by Crippen LogP contribution is -2.03. The van der Waals surface area contributed by atoms with Crippen molar-refractivity contribution in [3.8, 4) is 17.2 Å². The lowest BCUT2D eigenvalue weighted by Gasteiger charge is -2.08. The Morgan fingerprint density at radius 2 is 1.24 bits per heavy atom. The zero-order chi connectivity index (χ0) is 24.0. The summed E-state index contributed by atoms with van der Waals surface area (Å²) >= 11 is 0. The van der Waals surface area contributed by atoms with Crippen LogP contribution in [-0.4, -0.2) is 19.2 Å². The summed E-state index contributed by atoms with van der Waals surface area (Å²) in [5, 5.41) is 2.05. The van der Waals surface area contributed by atoms with Crippen molar-refractivity contribution >= 4 is 22.8 Å². The molecule has 4 heteroatoms. The van der Waals surface area contributed by atoms with E-state index in [4.69, 9.17) is 14.2 Å². The van der Waals surface area contributed by atoms with Gasteiger partial charge in [0.1, 0.15) is 17.2 Å². The summed E-state index contributed by atoms with van der Waals surface area (Å²) in [4.78, 5) is 12.3. The number of carbonyl (C=O) groups excluding carboxylic acids is 1. The lowest BCUT2D eigenvalue weighted by molar-refractivity contribution is -0.128. The molecule has 0 bridgehead atoms. The number of carbonyl (C=O) groups is 1. The summed E-state index contributed by atoms with van der Waals surface area (Å²) in [5.74, 6) is 1.82. The molecule has 4 nitrogen and oxygen atoms in total. The largest absolute Gasteiger partial charge is 0.494 e. The van der Waals surface area contributed by atoms with Crippen molar-refractivity contribution in [3.63, 3.8) is 0 Å². The second-order valence-corrected chi connectivity index (χ2v) is 8.46. The van der Waals surface area contributed by atoms with Gasteiger partial charge in [-0.1, -0.05) is 70.2 Å². The van der Waals surface area contributed by atoms with Crippen LogP contribution in [0.5, 0.6) is 17.2 Å². The van der Waals surface area contributed by atoms with E-state index < -0.39 is 5.97 Å². The monoisotopic (exact) mass is 460 g/mol. The second-order valence-electron chi connectivity index (χ2n) is 8.46. The Morgan fingerprint density at radius 3 is 1.94 bits per heavy atom. The minimum absolute atomic E-state index is 0.411. The number of ether oxygens (including phenoxy) is 3. The molecule has 0 heterocycles. The van der Waals surface area contributed by atoms with E-state index >= 15 is 0 Å². The van der Waals surface area contributed by atoms with E-state index in [1.54, 1.807) is 6.08 Å². The number of unbranched alkanes of at least 4 members (excludes halogenated alkanes) is 5. The Bertz CT molecular complexity index is 1050. The predicted octanol–water partition coefficient (Wildman–Crippen LogP) is 7.99. The van der Waals surface area contributed by atoms with Crippen LogP contribution in [0.4, 0.5) is 0 Å². The minimum atomic E-state index is -0.411. The zero-order valence-electron chi connectivity index (χ0n) is 20.4. The number of fused-ring (bicyclic) bond motifs is 1. The molecular weight excluding hydrogens is 424 g/mol. The molecule has 0 aromatic heterocycles. The van der Waals surface area contributed by atoms with Crippen molar-refractivity contribution in [1.82, 2.24) is 0 Å². The van der Waals surface area contributed by atoms with Gasteiger partial charge in [0.25, 0.3) is 0 Å². The Kier molecular flexibility index (Phi) is 10.5. The molecule has 0 aliphatic rings. The fourth-order valence-corrected chi connectivity index (χ4v) is 3.61. The number of esters is 1. The summed E-state index contributed by atoms with van der Waals surface area (Å²) in [6.45, 7) is 5.85. The van der Waals surface area contributed by atoms with Gasteiger partial charge in [0.05, 0.1) is 13.2 Å². The third kappa shape index (κ3) is 8.58. The van der Waals surface area contributed by atoms with Gasteiger partial charge in [-0.15, -0.1) is 0 Å². The van der Waals surface area contributed by atoms with Crippen molar-refractivity contribution in [3.05, 3.63) is 72.3 Å². The molecule has 0 unspecified atom stereocenters. The number of hydrogen-bond donors (Lipinski definition) is 0. The highest BCUT2D eigenvalue weighted by molar-refractivity contribution is 5.90. The highest BCUT2D eigenvalue weighted by Gasteiger charge is 2.04. The molecule has 3 rings (SSSR count). The smallest absolute Gasteiger partial charge is 0.336 e. The van der Waals surface area contributed by atoms with Crippen molar-refractivity contribution in [2.45, 2.75) is 58.8 Å². The van der Waals surface area contributed by atoms with Crippen LogP contribution in [-0.2, 0) is 4.79 Å². The summed E-state index contributed by atoms with van der Waals surface area (Å²) in [7, 11) is 0. The molecule has 180 valence electrons. The van der Waals surface area contributed by atoms with Crippen molar-refractivity contribution in [2.75, 3.05) is 13.2 Å². The first-order valence-corrected chi connectivity index (χ1v) is 12.5. The van der Waals surface area contributed by atoms with Crippen LogP contribution in [0.3, 0.4) is 0 Å². The van der Waals surface area contributed by atoms with E-state index in [9.17, 15) is 4.79 Å². The minimum Gasteiger partial charge on any atom is -0.494 e. The zero-order valence-corrected chi connectivity index (χ0v) is 20.4. The summed E-state index contributed by atoms with van der Waals surface area (Å²) < 4.78 is 17.1. The van der Waals surface area contributed by atoms with Crippen LogP contribution in [0.1, 0.15) is 64.4 Å². The van der Waals surface area contributed by atoms with Crippen LogP contribution >= 0.6 is 0 Å². The number of benzene rings is 3. The molecule has 0 saturated heterocycles. The second kappa shape index (κ2) is 14.1. The van der Waals surface area contributed by atoms with Gasteiger partial charge < -0.3 is 14.2 Å². The molecule has 0 amide bonds. The highest BCUT2D eigenvalue weighted by Crippen LogP contribution is 2.25. The predicted molar refractivity (Wildman–Crippen MR) is 140 cm³/mol. The van der Waals surface area contributed by atoms with Gasteiger partial charge in [-0.2, -0.15) is 0 Å². The van der Waals surface area contributed by atoms with Crippen LogP contribution in [0.2, 0.25) is 0 Å². The van der Waals surface area contributed by atoms with Crippen LogP contribution in [0.15, 0.2) is 66.7 Å². The summed E-state index contributed by atoms with van der Waals surface area (Å²) in [5.41, 5.74) is 0.917. The number of hydrogen-bond acceptors (Lipinski definition) is 4. The normalized spacial score (nSPS) is 11.1. The molecule has 0 spiro atoms. The van der Waals surface area contributed by atoms with E-state index in [2.05, 4.69) is 13.8 Å². The maximum Gasteiger partial charge on any atom is 0.336 e. The average molecular weight is 461 g/mol. The molecule has 0 atom stereocenters. The molecule has 0 saturated carbocycles. The lowest BCUT2D eigenvalue weighted by atomic mass is 10.1. The molecule has 3 aromatic carbocycles. The molecule has 34 heavy (non-hydrogen) atoms. The fraction of sp³-hybridized carbons (Fsp3) is 0.367. The maximum absolute atomic E-state index is 12.3. The van der Waals surface area contributed by atoms with Gasteiger partial charge >= 0.3 is 5.97 Å². The van der Waals surface area contributed by atoms with Crippen LogP contribution in [0, 0.1) is 0 Å². The first-order chi connectivity index (χ1) is 16.7. The molecule has 3 aromatic rings.